The molecule has 1 aromatic carbocycles. The highest BCUT2D eigenvalue weighted by atomic mass is 16.5. The summed E-state index contributed by atoms with van der Waals surface area (Å²) in [5, 5.41) is 4.29. The molecule has 2 atom stereocenters. The third-order valence-corrected chi connectivity index (χ3v) is 6.62. The first-order chi connectivity index (χ1) is 16.1. The average molecular weight is 448 g/mol. The first-order valence-corrected chi connectivity index (χ1v) is 11.2. The number of carbonyl (C=O) groups excluding carboxylic acids is 1. The summed E-state index contributed by atoms with van der Waals surface area (Å²) in [6.45, 7) is 3.63. The molecule has 2 aromatic heterocycles. The fourth-order valence-electron chi connectivity index (χ4n) is 5.04. The summed E-state index contributed by atoms with van der Waals surface area (Å²) in [7, 11) is 3.57. The Hall–Kier alpha value is -3.23. The van der Waals surface area contributed by atoms with E-state index in [1.54, 1.807) is 18.0 Å². The number of hydrogen-bond acceptors (Lipinski definition) is 6. The van der Waals surface area contributed by atoms with Gasteiger partial charge in [0.25, 0.3) is 5.91 Å². The van der Waals surface area contributed by atoms with Crippen LogP contribution in [0.4, 0.5) is 0 Å². The van der Waals surface area contributed by atoms with Crippen LogP contribution in [0.15, 0.2) is 61.2 Å². The second kappa shape index (κ2) is 8.96. The molecule has 0 radical (unpaired) electrons. The Morgan fingerprint density at radius 1 is 1.15 bits per heavy atom. The van der Waals surface area contributed by atoms with Gasteiger partial charge in [-0.2, -0.15) is 5.10 Å². The SMILES string of the molecule is COc1ccc(CN2CCO[C@]3(CN(Cc4cnn(C)c4)C[C@@H]3c3cccnc3)C2=O)cc1. The molecular formula is C25H29N5O3. The zero-order valence-corrected chi connectivity index (χ0v) is 19.1. The van der Waals surface area contributed by atoms with Crippen molar-refractivity contribution < 1.29 is 14.3 Å². The number of benzene rings is 1. The molecule has 2 aliphatic heterocycles. The van der Waals surface area contributed by atoms with Crippen molar-refractivity contribution in [3.8, 4) is 5.75 Å². The number of nitrogens with zero attached hydrogens (tertiary/aromatic N) is 5. The summed E-state index contributed by atoms with van der Waals surface area (Å²) >= 11 is 0. The van der Waals surface area contributed by atoms with E-state index in [-0.39, 0.29) is 11.8 Å². The fourth-order valence-corrected chi connectivity index (χ4v) is 5.04. The molecule has 1 amide bonds. The standard InChI is InChI=1S/C25H29N5O3/c1-28-14-20(12-27-28)15-29-17-23(21-4-3-9-26-13-21)25(18-29)24(31)30(10-11-33-25)16-19-5-7-22(32-2)8-6-19/h3-9,12-14,23H,10-11,15-18H2,1-2H3/t23-,25+/m1/s1. The number of hydrogen-bond donors (Lipinski definition) is 0. The molecule has 8 nitrogen and oxygen atoms in total. The van der Waals surface area contributed by atoms with Crippen LogP contribution in [0.3, 0.4) is 0 Å². The molecule has 0 unspecified atom stereocenters. The summed E-state index contributed by atoms with van der Waals surface area (Å²) in [4.78, 5) is 22.5. The summed E-state index contributed by atoms with van der Waals surface area (Å²) in [6.07, 6.45) is 7.52. The highest BCUT2D eigenvalue weighted by Gasteiger charge is 2.57. The van der Waals surface area contributed by atoms with E-state index < -0.39 is 5.60 Å². The molecule has 33 heavy (non-hydrogen) atoms. The fraction of sp³-hybridized carbons (Fsp3) is 0.400. The van der Waals surface area contributed by atoms with Crippen LogP contribution in [-0.4, -0.2) is 69.4 Å². The van der Waals surface area contributed by atoms with E-state index in [4.69, 9.17) is 9.47 Å². The molecule has 5 rings (SSSR count). The summed E-state index contributed by atoms with van der Waals surface area (Å²) in [5.74, 6) is 0.767. The van der Waals surface area contributed by atoms with E-state index in [9.17, 15) is 4.79 Å². The summed E-state index contributed by atoms with van der Waals surface area (Å²) in [5.41, 5.74) is 2.31. The van der Waals surface area contributed by atoms with Gasteiger partial charge in [-0.25, -0.2) is 0 Å². The third kappa shape index (κ3) is 4.24. The van der Waals surface area contributed by atoms with Gasteiger partial charge in [-0.1, -0.05) is 18.2 Å². The van der Waals surface area contributed by atoms with E-state index in [0.29, 0.717) is 26.2 Å². The molecule has 0 saturated carbocycles. The van der Waals surface area contributed by atoms with Crippen LogP contribution in [0.1, 0.15) is 22.6 Å². The minimum Gasteiger partial charge on any atom is -0.497 e. The van der Waals surface area contributed by atoms with Gasteiger partial charge in [-0.15, -0.1) is 0 Å². The Bertz CT molecular complexity index is 1100. The van der Waals surface area contributed by atoms with Crippen molar-refractivity contribution in [2.75, 3.05) is 33.4 Å². The van der Waals surface area contributed by atoms with E-state index in [1.165, 1.54) is 0 Å². The van der Waals surface area contributed by atoms with Crippen LogP contribution < -0.4 is 4.74 Å². The molecule has 2 aliphatic rings. The first kappa shape index (κ1) is 21.6. The van der Waals surface area contributed by atoms with Crippen molar-refractivity contribution >= 4 is 5.91 Å². The van der Waals surface area contributed by atoms with Crippen molar-refractivity contribution in [1.82, 2.24) is 24.6 Å². The molecular weight excluding hydrogens is 418 g/mol. The maximum atomic E-state index is 14.0. The number of amides is 1. The molecule has 0 N–H and O–H groups in total. The molecule has 2 fully saturated rings. The van der Waals surface area contributed by atoms with Crippen LogP contribution in [0.25, 0.3) is 0 Å². The lowest BCUT2D eigenvalue weighted by Crippen LogP contribution is -2.59. The average Bonchev–Trinajstić information content (AvgIpc) is 3.41. The Morgan fingerprint density at radius 3 is 2.70 bits per heavy atom. The van der Waals surface area contributed by atoms with Gasteiger partial charge in [0.05, 0.1) is 19.9 Å². The van der Waals surface area contributed by atoms with E-state index >= 15 is 0 Å². The largest absolute Gasteiger partial charge is 0.497 e. The van der Waals surface area contributed by atoms with Gasteiger partial charge < -0.3 is 14.4 Å². The molecule has 172 valence electrons. The van der Waals surface area contributed by atoms with E-state index in [2.05, 4.69) is 15.0 Å². The number of aromatic nitrogens is 3. The van der Waals surface area contributed by atoms with Gasteiger partial charge in [0, 0.05) is 69.8 Å². The predicted molar refractivity (Wildman–Crippen MR) is 123 cm³/mol. The lowest BCUT2D eigenvalue weighted by molar-refractivity contribution is -0.173. The van der Waals surface area contributed by atoms with Crippen molar-refractivity contribution in [3.63, 3.8) is 0 Å². The molecule has 2 saturated heterocycles. The molecule has 0 bridgehead atoms. The second-order valence-corrected chi connectivity index (χ2v) is 8.84. The molecule has 0 aliphatic carbocycles. The quantitative estimate of drug-likeness (QED) is 0.577. The number of morpholine rings is 1. The van der Waals surface area contributed by atoms with Crippen LogP contribution in [0.5, 0.6) is 5.75 Å². The number of rotatable bonds is 6. The van der Waals surface area contributed by atoms with Crippen LogP contribution >= 0.6 is 0 Å². The normalized spacial score (nSPS) is 23.4. The Labute approximate surface area is 193 Å². The first-order valence-electron chi connectivity index (χ1n) is 11.2. The van der Waals surface area contributed by atoms with Crippen molar-refractivity contribution in [2.45, 2.75) is 24.6 Å². The topological polar surface area (TPSA) is 72.7 Å². The minimum atomic E-state index is -0.921. The van der Waals surface area contributed by atoms with Gasteiger partial charge in [-0.05, 0) is 29.3 Å². The molecule has 3 aromatic rings. The summed E-state index contributed by atoms with van der Waals surface area (Å²) in [6, 6.07) is 11.9. The highest BCUT2D eigenvalue weighted by molar-refractivity contribution is 5.88. The van der Waals surface area contributed by atoms with E-state index in [0.717, 1.165) is 35.5 Å². The van der Waals surface area contributed by atoms with Crippen molar-refractivity contribution in [2.24, 2.45) is 7.05 Å². The van der Waals surface area contributed by atoms with Gasteiger partial charge in [0.15, 0.2) is 5.60 Å². The monoisotopic (exact) mass is 447 g/mol. The van der Waals surface area contributed by atoms with Crippen molar-refractivity contribution in [1.29, 1.82) is 0 Å². The zero-order valence-electron chi connectivity index (χ0n) is 19.1. The van der Waals surface area contributed by atoms with Gasteiger partial charge in [0.1, 0.15) is 5.75 Å². The predicted octanol–water partition coefficient (Wildman–Crippen LogP) is 2.22. The number of ether oxygens (including phenoxy) is 2. The minimum absolute atomic E-state index is 0.0482. The summed E-state index contributed by atoms with van der Waals surface area (Å²) < 4.78 is 13.4. The lowest BCUT2D eigenvalue weighted by atomic mass is 9.83. The van der Waals surface area contributed by atoms with Gasteiger partial charge in [0.2, 0.25) is 0 Å². The van der Waals surface area contributed by atoms with Crippen LogP contribution in [0, 0.1) is 0 Å². The lowest BCUT2D eigenvalue weighted by Gasteiger charge is -2.42. The Kier molecular flexibility index (Phi) is 5.86. The molecule has 8 heteroatoms. The van der Waals surface area contributed by atoms with Crippen LogP contribution in [-0.2, 0) is 29.7 Å². The second-order valence-electron chi connectivity index (χ2n) is 8.84. The number of methoxy groups -OCH3 is 1. The number of likely N-dealkylation sites (tertiary alicyclic amines) is 1. The Balaban J connectivity index is 1.42. The smallest absolute Gasteiger partial charge is 0.257 e. The number of aryl methyl sites for hydroxylation is 1. The maximum absolute atomic E-state index is 14.0. The van der Waals surface area contributed by atoms with Crippen LogP contribution in [0.2, 0.25) is 0 Å². The number of carbonyl (C=O) groups is 1. The highest BCUT2D eigenvalue weighted by Crippen LogP contribution is 2.42. The number of pyridine rings is 1. The van der Waals surface area contributed by atoms with Crippen molar-refractivity contribution in [3.05, 3.63) is 77.9 Å². The third-order valence-electron chi connectivity index (χ3n) is 6.62. The zero-order chi connectivity index (χ0) is 22.8. The van der Waals surface area contributed by atoms with Gasteiger partial charge >= 0.3 is 0 Å². The van der Waals surface area contributed by atoms with E-state index in [1.807, 2.05) is 66.9 Å². The van der Waals surface area contributed by atoms with Gasteiger partial charge in [-0.3, -0.25) is 19.4 Å². The molecule has 1 spiro atoms. The molecule has 4 heterocycles. The Morgan fingerprint density at radius 2 is 2.00 bits per heavy atom. The maximum Gasteiger partial charge on any atom is 0.257 e.